The highest BCUT2D eigenvalue weighted by molar-refractivity contribution is 7.74. The maximum atomic E-state index is 12.9. The van der Waals surface area contributed by atoms with E-state index in [1.165, 1.54) is 0 Å². The first kappa shape index (κ1) is 13.4. The van der Waals surface area contributed by atoms with E-state index in [2.05, 4.69) is 0 Å². The van der Waals surface area contributed by atoms with Crippen molar-refractivity contribution in [3.8, 4) is 0 Å². The number of hydrogen-bond acceptors (Lipinski definition) is 3. The van der Waals surface area contributed by atoms with Crippen LogP contribution in [-0.2, 0) is 10.7 Å². The molecule has 0 aromatic carbocycles. The SMILES string of the molecule is CCC[C@](CF)(C(N)=C(C)C)[SH](=O)=O. The summed E-state index contributed by atoms with van der Waals surface area (Å²) in [7, 11) is -2.88. The van der Waals surface area contributed by atoms with E-state index in [1.807, 2.05) is 6.92 Å². The second-order valence-corrected chi connectivity index (χ2v) is 4.96. The zero-order valence-electron chi connectivity index (χ0n) is 8.84. The summed E-state index contributed by atoms with van der Waals surface area (Å²) in [5.41, 5.74) is 6.46. The molecule has 3 nitrogen and oxygen atoms in total. The van der Waals surface area contributed by atoms with Gasteiger partial charge in [0.2, 0.25) is 0 Å². The van der Waals surface area contributed by atoms with Gasteiger partial charge in [0.15, 0.2) is 10.7 Å². The lowest BCUT2D eigenvalue weighted by atomic mass is 9.97. The molecule has 0 bridgehead atoms. The molecule has 5 heteroatoms. The highest BCUT2D eigenvalue weighted by Gasteiger charge is 2.37. The molecule has 0 aliphatic heterocycles. The van der Waals surface area contributed by atoms with Gasteiger partial charge in [-0.3, -0.25) is 0 Å². The molecule has 0 unspecified atom stereocenters. The number of hydrogen-bond donors (Lipinski definition) is 2. The van der Waals surface area contributed by atoms with Crippen molar-refractivity contribution in [2.45, 2.75) is 38.4 Å². The monoisotopic (exact) mass is 223 g/mol. The van der Waals surface area contributed by atoms with Crippen LogP contribution in [-0.4, -0.2) is 19.8 Å². The summed E-state index contributed by atoms with van der Waals surface area (Å²) in [5, 5.41) is 0. The fourth-order valence-electron chi connectivity index (χ4n) is 1.39. The molecule has 0 fully saturated rings. The maximum absolute atomic E-state index is 12.9. The van der Waals surface area contributed by atoms with E-state index >= 15 is 0 Å². The second kappa shape index (κ2) is 5.34. The van der Waals surface area contributed by atoms with Crippen LogP contribution in [0.5, 0.6) is 0 Å². The van der Waals surface area contributed by atoms with Crippen molar-refractivity contribution in [2.24, 2.45) is 5.73 Å². The second-order valence-electron chi connectivity index (χ2n) is 3.59. The number of thiol groups is 1. The predicted molar refractivity (Wildman–Crippen MR) is 56.5 cm³/mol. The van der Waals surface area contributed by atoms with Gasteiger partial charge in [-0.1, -0.05) is 18.9 Å². The van der Waals surface area contributed by atoms with Gasteiger partial charge in [0.25, 0.3) is 0 Å². The van der Waals surface area contributed by atoms with Gasteiger partial charge in [-0.25, -0.2) is 12.8 Å². The van der Waals surface area contributed by atoms with Crippen LogP contribution in [0.15, 0.2) is 11.3 Å². The third kappa shape index (κ3) is 2.47. The molecule has 0 aromatic heterocycles. The highest BCUT2D eigenvalue weighted by Crippen LogP contribution is 2.26. The third-order valence-electron chi connectivity index (χ3n) is 2.27. The minimum atomic E-state index is -2.88. The van der Waals surface area contributed by atoms with Crippen molar-refractivity contribution in [1.82, 2.24) is 0 Å². The topological polar surface area (TPSA) is 60.2 Å². The summed E-state index contributed by atoms with van der Waals surface area (Å²) >= 11 is 0. The Morgan fingerprint density at radius 2 is 1.93 bits per heavy atom. The van der Waals surface area contributed by atoms with Crippen LogP contribution in [0.1, 0.15) is 33.6 Å². The normalized spacial score (nSPS) is 15.2. The predicted octanol–water partition coefficient (Wildman–Crippen LogP) is 1.36. The van der Waals surface area contributed by atoms with E-state index in [-0.39, 0.29) is 12.1 Å². The first-order valence-electron chi connectivity index (χ1n) is 4.56. The van der Waals surface area contributed by atoms with Crippen molar-refractivity contribution in [1.29, 1.82) is 0 Å². The Kier molecular flexibility index (Phi) is 5.12. The molecule has 1 atom stereocenters. The summed E-state index contributed by atoms with van der Waals surface area (Å²) in [6.45, 7) is 4.24. The maximum Gasteiger partial charge on any atom is 0.154 e. The largest absolute Gasteiger partial charge is 0.401 e. The summed E-state index contributed by atoms with van der Waals surface area (Å²) in [4.78, 5) is 0. The van der Waals surface area contributed by atoms with Crippen LogP contribution in [0.4, 0.5) is 4.39 Å². The first-order chi connectivity index (χ1) is 6.42. The number of rotatable bonds is 5. The number of halogens is 1. The molecule has 0 heterocycles. The zero-order valence-corrected chi connectivity index (χ0v) is 9.73. The summed E-state index contributed by atoms with van der Waals surface area (Å²) < 4.78 is 33.5. The molecule has 0 rings (SSSR count). The van der Waals surface area contributed by atoms with E-state index in [1.54, 1.807) is 13.8 Å². The smallest absolute Gasteiger partial charge is 0.154 e. The van der Waals surface area contributed by atoms with E-state index in [0.29, 0.717) is 12.0 Å². The Hall–Kier alpha value is -0.580. The van der Waals surface area contributed by atoms with Crippen molar-refractivity contribution in [3.05, 3.63) is 11.3 Å². The Balaban J connectivity index is 5.36. The fraction of sp³-hybridized carbons (Fsp3) is 0.778. The van der Waals surface area contributed by atoms with E-state index in [0.717, 1.165) is 0 Å². The fourth-order valence-corrected chi connectivity index (χ4v) is 2.31. The van der Waals surface area contributed by atoms with Crippen molar-refractivity contribution < 1.29 is 12.8 Å². The van der Waals surface area contributed by atoms with Gasteiger partial charge in [0.05, 0.1) is 0 Å². The molecular formula is C9H18FNO2S. The van der Waals surface area contributed by atoms with Gasteiger partial charge >= 0.3 is 0 Å². The Bertz CT molecular complexity index is 287. The van der Waals surface area contributed by atoms with Crippen molar-refractivity contribution >= 4 is 10.7 Å². The minimum absolute atomic E-state index is 0.151. The molecule has 0 spiro atoms. The van der Waals surface area contributed by atoms with E-state index in [9.17, 15) is 12.8 Å². The van der Waals surface area contributed by atoms with Crippen LogP contribution < -0.4 is 5.73 Å². The number of nitrogens with two attached hydrogens (primary N) is 1. The third-order valence-corrected chi connectivity index (χ3v) is 3.56. The van der Waals surface area contributed by atoms with Crippen LogP contribution in [0.25, 0.3) is 0 Å². The van der Waals surface area contributed by atoms with Gasteiger partial charge < -0.3 is 5.73 Å². The highest BCUT2D eigenvalue weighted by atomic mass is 32.2. The summed E-state index contributed by atoms with van der Waals surface area (Å²) in [5.74, 6) is 0. The Morgan fingerprint density at radius 1 is 1.43 bits per heavy atom. The van der Waals surface area contributed by atoms with Gasteiger partial charge in [0.1, 0.15) is 11.4 Å². The molecule has 0 amide bonds. The lowest BCUT2D eigenvalue weighted by molar-refractivity contribution is 0.390. The zero-order chi connectivity index (χ0) is 11.4. The van der Waals surface area contributed by atoms with Crippen molar-refractivity contribution in [3.63, 3.8) is 0 Å². The van der Waals surface area contributed by atoms with Crippen LogP contribution in [0, 0.1) is 0 Å². The Morgan fingerprint density at radius 3 is 2.14 bits per heavy atom. The lowest BCUT2D eigenvalue weighted by Crippen LogP contribution is -2.40. The number of alkyl halides is 1. The first-order valence-corrected chi connectivity index (χ1v) is 5.74. The lowest BCUT2D eigenvalue weighted by Gasteiger charge is -2.25. The Labute approximate surface area is 86.1 Å². The van der Waals surface area contributed by atoms with Gasteiger partial charge in [0, 0.05) is 5.70 Å². The van der Waals surface area contributed by atoms with Crippen LogP contribution in [0.2, 0.25) is 0 Å². The van der Waals surface area contributed by atoms with Gasteiger partial charge in [-0.2, -0.15) is 0 Å². The average Bonchev–Trinajstić information content (AvgIpc) is 2.12. The molecule has 14 heavy (non-hydrogen) atoms. The molecular weight excluding hydrogens is 205 g/mol. The van der Waals surface area contributed by atoms with Crippen LogP contribution in [0.3, 0.4) is 0 Å². The van der Waals surface area contributed by atoms with Gasteiger partial charge in [-0.15, -0.1) is 0 Å². The summed E-state index contributed by atoms with van der Waals surface area (Å²) in [6, 6.07) is 0. The molecule has 0 saturated heterocycles. The molecule has 0 aromatic rings. The van der Waals surface area contributed by atoms with E-state index < -0.39 is 22.1 Å². The standard InChI is InChI=1S/C9H18FNO2S/c1-4-5-9(6-10,14(12)13)8(11)7(2)3/h14H,4-6,11H2,1-3H3/t9-/m0/s1. The van der Waals surface area contributed by atoms with E-state index in [4.69, 9.17) is 5.73 Å². The molecule has 2 N–H and O–H groups in total. The molecule has 84 valence electrons. The molecule has 0 saturated carbocycles. The summed E-state index contributed by atoms with van der Waals surface area (Å²) in [6.07, 6.45) is 0.820. The number of allylic oxidation sites excluding steroid dienone is 1. The van der Waals surface area contributed by atoms with Crippen molar-refractivity contribution in [2.75, 3.05) is 6.67 Å². The molecule has 0 aliphatic rings. The quantitative estimate of drug-likeness (QED) is 0.692. The van der Waals surface area contributed by atoms with Gasteiger partial charge in [-0.05, 0) is 20.3 Å². The molecule has 0 aliphatic carbocycles. The average molecular weight is 223 g/mol. The molecule has 0 radical (unpaired) electrons. The minimum Gasteiger partial charge on any atom is -0.401 e. The van der Waals surface area contributed by atoms with Crippen LogP contribution >= 0.6 is 0 Å².